The monoisotopic (exact) mass is 657 g/mol. The molecule has 1 fully saturated rings. The fraction of sp³-hybridized carbons (Fsp3) is 0.405. The van der Waals surface area contributed by atoms with E-state index in [1.165, 1.54) is 6.92 Å². The fourth-order valence-corrected chi connectivity index (χ4v) is 5.30. The van der Waals surface area contributed by atoms with E-state index in [9.17, 15) is 19.2 Å². The number of piperazine rings is 1. The van der Waals surface area contributed by atoms with Crippen molar-refractivity contribution in [1.29, 1.82) is 0 Å². The third-order valence-electron chi connectivity index (χ3n) is 8.15. The maximum atomic E-state index is 13.4. The summed E-state index contributed by atoms with van der Waals surface area (Å²) >= 11 is 0. The third-order valence-corrected chi connectivity index (χ3v) is 8.15. The number of para-hydroxylation sites is 3. The molecular weight excluding hydrogens is 610 g/mol. The molecule has 0 spiro atoms. The number of anilines is 2. The molecule has 0 aromatic heterocycles. The number of carbonyl (C=O) groups is 4. The van der Waals surface area contributed by atoms with Gasteiger partial charge in [0.25, 0.3) is 11.8 Å². The van der Waals surface area contributed by atoms with Crippen LogP contribution in [0.3, 0.4) is 0 Å². The molecule has 3 aromatic carbocycles. The van der Waals surface area contributed by atoms with Gasteiger partial charge in [-0.25, -0.2) is 0 Å². The standard InChI is InChI=1S/C37H47N5O6/c1-28(43)38-21-11-27-47-33-14-8-6-12-31(33)36(45)39-30-19-17-29(18-20-30)37(46)41(3)32-13-7-9-15-34(32)48-26-10-4-5-16-35(44)42-24-22-40(2)23-25-42/h6-9,12-15,17-20H,4-5,10-11,16,21-27H2,1-3H3,(H,38,43)(H,39,45). The average Bonchev–Trinajstić information content (AvgIpc) is 3.09. The SMILES string of the molecule is CC(=O)NCCCOc1ccccc1C(=O)Nc1ccc(C(=O)N(C)c2ccccc2OCCCCCC(=O)N2CCN(C)CC2)cc1. The van der Waals surface area contributed by atoms with Gasteiger partial charge < -0.3 is 34.8 Å². The largest absolute Gasteiger partial charge is 0.493 e. The Morgan fingerprint density at radius 3 is 2.15 bits per heavy atom. The fourth-order valence-electron chi connectivity index (χ4n) is 5.30. The minimum atomic E-state index is -0.337. The Kier molecular flexibility index (Phi) is 13.8. The van der Waals surface area contributed by atoms with Crippen LogP contribution in [0, 0.1) is 0 Å². The van der Waals surface area contributed by atoms with Gasteiger partial charge in [0.1, 0.15) is 11.5 Å². The summed E-state index contributed by atoms with van der Waals surface area (Å²) < 4.78 is 11.9. The van der Waals surface area contributed by atoms with Crippen molar-refractivity contribution < 1.29 is 28.7 Å². The van der Waals surface area contributed by atoms with Crippen molar-refractivity contribution >= 4 is 35.0 Å². The van der Waals surface area contributed by atoms with Gasteiger partial charge in [-0.1, -0.05) is 24.3 Å². The van der Waals surface area contributed by atoms with Crippen molar-refractivity contribution in [2.24, 2.45) is 0 Å². The molecule has 0 saturated carbocycles. The van der Waals surface area contributed by atoms with Crippen molar-refractivity contribution in [3.05, 3.63) is 83.9 Å². The number of carbonyl (C=O) groups excluding carboxylic acids is 4. The van der Waals surface area contributed by atoms with E-state index in [-0.39, 0.29) is 23.6 Å². The lowest BCUT2D eigenvalue weighted by molar-refractivity contribution is -0.132. The smallest absolute Gasteiger partial charge is 0.259 e. The van der Waals surface area contributed by atoms with E-state index < -0.39 is 0 Å². The van der Waals surface area contributed by atoms with Gasteiger partial charge in [-0.05, 0) is 81.3 Å². The van der Waals surface area contributed by atoms with Crippen molar-refractivity contribution in [3.63, 3.8) is 0 Å². The van der Waals surface area contributed by atoms with Crippen molar-refractivity contribution in [1.82, 2.24) is 15.1 Å². The topological polar surface area (TPSA) is 121 Å². The molecule has 1 heterocycles. The van der Waals surface area contributed by atoms with Crippen LogP contribution in [0.4, 0.5) is 11.4 Å². The van der Waals surface area contributed by atoms with Crippen molar-refractivity contribution in [2.45, 2.75) is 39.0 Å². The number of nitrogens with zero attached hydrogens (tertiary/aromatic N) is 3. The maximum Gasteiger partial charge on any atom is 0.259 e. The highest BCUT2D eigenvalue weighted by atomic mass is 16.5. The lowest BCUT2D eigenvalue weighted by atomic mass is 10.1. The number of amides is 4. The highest BCUT2D eigenvalue weighted by Gasteiger charge is 2.20. The molecule has 2 N–H and O–H groups in total. The second-order valence-electron chi connectivity index (χ2n) is 11.9. The number of ether oxygens (including phenoxy) is 2. The van der Waals surface area contributed by atoms with Crippen LogP contribution in [0.15, 0.2) is 72.8 Å². The quantitative estimate of drug-likeness (QED) is 0.212. The minimum absolute atomic E-state index is 0.0993. The Bertz CT molecular complexity index is 1520. The lowest BCUT2D eigenvalue weighted by Crippen LogP contribution is -2.47. The number of hydrogen-bond donors (Lipinski definition) is 2. The van der Waals surface area contributed by atoms with E-state index in [4.69, 9.17) is 9.47 Å². The van der Waals surface area contributed by atoms with Crippen LogP contribution in [-0.4, -0.2) is 93.5 Å². The second-order valence-corrected chi connectivity index (χ2v) is 11.9. The first-order chi connectivity index (χ1) is 23.2. The highest BCUT2D eigenvalue weighted by Crippen LogP contribution is 2.29. The molecule has 1 saturated heterocycles. The van der Waals surface area contributed by atoms with Gasteiger partial charge in [0.15, 0.2) is 0 Å². The van der Waals surface area contributed by atoms with Crippen LogP contribution in [0.25, 0.3) is 0 Å². The number of nitrogens with one attached hydrogen (secondary N) is 2. The minimum Gasteiger partial charge on any atom is -0.493 e. The van der Waals surface area contributed by atoms with Crippen LogP contribution in [0.1, 0.15) is 59.7 Å². The van der Waals surface area contributed by atoms with Gasteiger partial charge in [0.2, 0.25) is 11.8 Å². The van der Waals surface area contributed by atoms with E-state index in [0.29, 0.717) is 66.6 Å². The number of hydrogen-bond acceptors (Lipinski definition) is 7. The summed E-state index contributed by atoms with van der Waals surface area (Å²) in [5.41, 5.74) is 2.03. The molecule has 4 amide bonds. The van der Waals surface area contributed by atoms with Crippen molar-refractivity contribution in [3.8, 4) is 11.5 Å². The molecule has 0 radical (unpaired) electrons. The summed E-state index contributed by atoms with van der Waals surface area (Å²) in [4.78, 5) is 55.7. The number of likely N-dealkylation sites (N-methyl/N-ethyl adjacent to an activating group) is 1. The molecule has 0 aliphatic carbocycles. The van der Waals surface area contributed by atoms with E-state index in [1.807, 2.05) is 29.2 Å². The van der Waals surface area contributed by atoms with Crippen LogP contribution in [0.2, 0.25) is 0 Å². The highest BCUT2D eigenvalue weighted by molar-refractivity contribution is 6.08. The van der Waals surface area contributed by atoms with E-state index in [0.717, 1.165) is 45.4 Å². The maximum absolute atomic E-state index is 13.4. The zero-order chi connectivity index (χ0) is 34.3. The molecule has 1 aliphatic heterocycles. The van der Waals surface area contributed by atoms with Gasteiger partial charge in [0.05, 0.1) is 24.5 Å². The molecule has 0 atom stereocenters. The zero-order valence-electron chi connectivity index (χ0n) is 28.2. The molecule has 1 aliphatic rings. The Labute approximate surface area is 283 Å². The average molecular weight is 658 g/mol. The molecule has 48 heavy (non-hydrogen) atoms. The van der Waals surface area contributed by atoms with Crippen LogP contribution in [0.5, 0.6) is 11.5 Å². The number of benzene rings is 3. The predicted molar refractivity (Wildman–Crippen MR) is 187 cm³/mol. The van der Waals surface area contributed by atoms with Crippen LogP contribution in [-0.2, 0) is 9.59 Å². The molecule has 3 aromatic rings. The first-order valence-corrected chi connectivity index (χ1v) is 16.6. The number of unbranched alkanes of at least 4 members (excludes halogenated alkanes) is 2. The normalized spacial score (nSPS) is 13.0. The summed E-state index contributed by atoms with van der Waals surface area (Å²) in [6.45, 7) is 6.25. The predicted octanol–water partition coefficient (Wildman–Crippen LogP) is 4.83. The summed E-state index contributed by atoms with van der Waals surface area (Å²) in [5.74, 6) is 0.636. The molecular formula is C37H47N5O6. The first-order valence-electron chi connectivity index (χ1n) is 16.6. The number of rotatable bonds is 16. The Morgan fingerprint density at radius 2 is 1.42 bits per heavy atom. The Morgan fingerprint density at radius 1 is 0.771 bits per heavy atom. The second kappa shape index (κ2) is 18.4. The van der Waals surface area contributed by atoms with E-state index >= 15 is 0 Å². The van der Waals surface area contributed by atoms with Gasteiger partial charge in [0, 0.05) is 64.4 Å². The van der Waals surface area contributed by atoms with Crippen LogP contribution >= 0.6 is 0 Å². The Balaban J connectivity index is 1.25. The molecule has 11 heteroatoms. The molecule has 11 nitrogen and oxygen atoms in total. The van der Waals surface area contributed by atoms with Gasteiger partial charge in [-0.15, -0.1) is 0 Å². The molecule has 0 unspecified atom stereocenters. The Hall–Kier alpha value is -4.90. The molecule has 0 bridgehead atoms. The summed E-state index contributed by atoms with van der Waals surface area (Å²) in [7, 11) is 3.78. The zero-order valence-corrected chi connectivity index (χ0v) is 28.2. The first kappa shape index (κ1) is 35.9. The summed E-state index contributed by atoms with van der Waals surface area (Å²) in [5, 5.41) is 5.59. The van der Waals surface area contributed by atoms with E-state index in [2.05, 4.69) is 22.6 Å². The summed E-state index contributed by atoms with van der Waals surface area (Å²) in [6, 6.07) is 21.1. The van der Waals surface area contributed by atoms with E-state index in [1.54, 1.807) is 60.5 Å². The van der Waals surface area contributed by atoms with Gasteiger partial charge in [-0.3, -0.25) is 19.2 Å². The van der Waals surface area contributed by atoms with Gasteiger partial charge in [-0.2, -0.15) is 0 Å². The van der Waals surface area contributed by atoms with Gasteiger partial charge >= 0.3 is 0 Å². The third kappa shape index (κ3) is 10.8. The lowest BCUT2D eigenvalue weighted by Gasteiger charge is -2.32. The van der Waals surface area contributed by atoms with Crippen LogP contribution < -0.4 is 25.0 Å². The molecule has 4 rings (SSSR count). The summed E-state index contributed by atoms with van der Waals surface area (Å²) in [6.07, 6.45) is 3.69. The van der Waals surface area contributed by atoms with Crippen molar-refractivity contribution in [2.75, 3.05) is 70.2 Å². The molecule has 256 valence electrons.